The van der Waals surface area contributed by atoms with E-state index in [0.29, 0.717) is 6.04 Å². The van der Waals surface area contributed by atoms with Gasteiger partial charge in [0.2, 0.25) is 0 Å². The largest absolute Gasteiger partial charge is 0.383 e. The molecule has 80 valence electrons. The van der Waals surface area contributed by atoms with E-state index in [9.17, 15) is 0 Å². The van der Waals surface area contributed by atoms with Gasteiger partial charge in [-0.3, -0.25) is 0 Å². The molecule has 0 unspecified atom stereocenters. The van der Waals surface area contributed by atoms with Gasteiger partial charge in [-0.15, -0.1) is 0 Å². The predicted octanol–water partition coefficient (Wildman–Crippen LogP) is 3.53. The van der Waals surface area contributed by atoms with Crippen LogP contribution in [0.3, 0.4) is 0 Å². The van der Waals surface area contributed by atoms with Crippen molar-refractivity contribution in [3.05, 3.63) is 42.0 Å². The zero-order chi connectivity index (χ0) is 10.8. The minimum Gasteiger partial charge on any atom is -0.383 e. The molecule has 1 nitrogen and oxygen atoms in total. The van der Waals surface area contributed by atoms with Crippen molar-refractivity contribution in [1.29, 1.82) is 0 Å². The Hall–Kier alpha value is -1.24. The molecule has 1 heteroatoms. The van der Waals surface area contributed by atoms with E-state index >= 15 is 0 Å². The van der Waals surface area contributed by atoms with Gasteiger partial charge in [-0.2, -0.15) is 0 Å². The molecule has 0 radical (unpaired) electrons. The minimum absolute atomic E-state index is 0.445. The maximum atomic E-state index is 4.04. The fourth-order valence-electron chi connectivity index (χ4n) is 1.80. The normalized spacial score (nSPS) is 15.4. The van der Waals surface area contributed by atoms with Crippen molar-refractivity contribution in [3.63, 3.8) is 0 Å². The first-order valence-electron chi connectivity index (χ1n) is 5.72. The van der Waals surface area contributed by atoms with E-state index < -0.39 is 0 Å². The third kappa shape index (κ3) is 2.62. The summed E-state index contributed by atoms with van der Waals surface area (Å²) in [6.45, 7) is 8.30. The number of hydrogen-bond acceptors (Lipinski definition) is 1. The minimum atomic E-state index is 0.445. The number of hydrogen-bond donors (Lipinski definition) is 1. The SMILES string of the molecule is C=C(NC(C)C)c1ccc(C2CC2)cc1. The van der Waals surface area contributed by atoms with Crippen LogP contribution in [0.4, 0.5) is 0 Å². The molecule has 15 heavy (non-hydrogen) atoms. The Balaban J connectivity index is 2.05. The second-order valence-electron chi connectivity index (χ2n) is 4.67. The molecule has 0 spiro atoms. The van der Waals surface area contributed by atoms with Crippen LogP contribution in [0.25, 0.3) is 5.70 Å². The molecular formula is C14H19N. The topological polar surface area (TPSA) is 12.0 Å². The fraction of sp³-hybridized carbons (Fsp3) is 0.429. The number of nitrogens with one attached hydrogen (secondary N) is 1. The van der Waals surface area contributed by atoms with Crippen molar-refractivity contribution in [3.8, 4) is 0 Å². The molecule has 0 heterocycles. The highest BCUT2D eigenvalue weighted by atomic mass is 14.9. The summed E-state index contributed by atoms with van der Waals surface area (Å²) in [6, 6.07) is 9.26. The van der Waals surface area contributed by atoms with Crippen molar-refractivity contribution < 1.29 is 0 Å². The Morgan fingerprint density at radius 2 is 1.87 bits per heavy atom. The van der Waals surface area contributed by atoms with E-state index in [4.69, 9.17) is 0 Å². The molecule has 2 rings (SSSR count). The highest BCUT2D eigenvalue weighted by Gasteiger charge is 2.22. The molecule has 0 bridgehead atoms. The van der Waals surface area contributed by atoms with Crippen LogP contribution in [0.5, 0.6) is 0 Å². The Morgan fingerprint density at radius 3 is 2.33 bits per heavy atom. The molecular weight excluding hydrogens is 182 g/mol. The Bertz CT molecular complexity index is 344. The van der Waals surface area contributed by atoms with Crippen LogP contribution in [0, 0.1) is 0 Å². The highest BCUT2D eigenvalue weighted by molar-refractivity contribution is 5.62. The molecule has 1 aromatic rings. The summed E-state index contributed by atoms with van der Waals surface area (Å²) in [5.74, 6) is 0.838. The summed E-state index contributed by atoms with van der Waals surface area (Å²) in [4.78, 5) is 0. The Labute approximate surface area is 92.2 Å². The predicted molar refractivity (Wildman–Crippen MR) is 65.7 cm³/mol. The summed E-state index contributed by atoms with van der Waals surface area (Å²) >= 11 is 0. The molecule has 1 fully saturated rings. The third-order valence-corrected chi connectivity index (χ3v) is 2.77. The second kappa shape index (κ2) is 4.09. The van der Waals surface area contributed by atoms with E-state index in [1.165, 1.54) is 24.0 Å². The van der Waals surface area contributed by atoms with Gasteiger partial charge in [-0.05, 0) is 43.7 Å². The van der Waals surface area contributed by atoms with Crippen LogP contribution in [0.1, 0.15) is 43.7 Å². The number of benzene rings is 1. The van der Waals surface area contributed by atoms with E-state index in [0.717, 1.165) is 11.6 Å². The fourth-order valence-corrected chi connectivity index (χ4v) is 1.80. The maximum absolute atomic E-state index is 4.04. The van der Waals surface area contributed by atoms with E-state index in [1.54, 1.807) is 0 Å². The van der Waals surface area contributed by atoms with Crippen LogP contribution in [-0.4, -0.2) is 6.04 Å². The average molecular weight is 201 g/mol. The molecule has 0 atom stereocenters. The zero-order valence-electron chi connectivity index (χ0n) is 9.59. The van der Waals surface area contributed by atoms with Crippen molar-refractivity contribution >= 4 is 5.70 Å². The molecule has 1 N–H and O–H groups in total. The molecule has 0 aromatic heterocycles. The van der Waals surface area contributed by atoms with Crippen LogP contribution in [-0.2, 0) is 0 Å². The highest BCUT2D eigenvalue weighted by Crippen LogP contribution is 2.40. The summed E-state index contributed by atoms with van der Waals surface area (Å²) in [5, 5.41) is 3.33. The average Bonchev–Trinajstić information content (AvgIpc) is 3.00. The zero-order valence-corrected chi connectivity index (χ0v) is 9.59. The van der Waals surface area contributed by atoms with Gasteiger partial charge < -0.3 is 5.32 Å². The molecule has 0 aliphatic heterocycles. The lowest BCUT2D eigenvalue weighted by atomic mass is 10.1. The third-order valence-electron chi connectivity index (χ3n) is 2.77. The quantitative estimate of drug-likeness (QED) is 0.785. The van der Waals surface area contributed by atoms with Crippen molar-refractivity contribution in [1.82, 2.24) is 5.32 Å². The van der Waals surface area contributed by atoms with Crippen LogP contribution in [0.2, 0.25) is 0 Å². The van der Waals surface area contributed by atoms with Crippen molar-refractivity contribution in [2.45, 2.75) is 38.6 Å². The first-order valence-corrected chi connectivity index (χ1v) is 5.72. The van der Waals surface area contributed by atoms with Gasteiger partial charge in [0.25, 0.3) is 0 Å². The monoisotopic (exact) mass is 201 g/mol. The Morgan fingerprint density at radius 1 is 1.27 bits per heavy atom. The van der Waals surface area contributed by atoms with Crippen LogP contribution < -0.4 is 5.32 Å². The van der Waals surface area contributed by atoms with Gasteiger partial charge in [0, 0.05) is 11.7 Å². The summed E-state index contributed by atoms with van der Waals surface area (Å²) in [5.41, 5.74) is 3.71. The lowest BCUT2D eigenvalue weighted by Crippen LogP contribution is -2.20. The first-order chi connectivity index (χ1) is 7.16. The lowest BCUT2D eigenvalue weighted by Gasteiger charge is -2.13. The Kier molecular flexibility index (Phi) is 2.81. The van der Waals surface area contributed by atoms with Gasteiger partial charge in [-0.25, -0.2) is 0 Å². The smallest absolute Gasteiger partial charge is 0.0342 e. The second-order valence-corrected chi connectivity index (χ2v) is 4.67. The van der Waals surface area contributed by atoms with Crippen molar-refractivity contribution in [2.75, 3.05) is 0 Å². The van der Waals surface area contributed by atoms with Crippen LogP contribution >= 0.6 is 0 Å². The molecule has 0 amide bonds. The lowest BCUT2D eigenvalue weighted by molar-refractivity contribution is 0.718. The standard InChI is InChI=1S/C14H19N/c1-10(2)15-11(3)12-4-6-13(7-5-12)14-8-9-14/h4-7,10,14-15H,3,8-9H2,1-2H3. The van der Waals surface area contributed by atoms with E-state index in [-0.39, 0.29) is 0 Å². The summed E-state index contributed by atoms with van der Waals surface area (Å²) in [6.07, 6.45) is 2.73. The van der Waals surface area contributed by atoms with Gasteiger partial charge in [0.1, 0.15) is 0 Å². The summed E-state index contributed by atoms with van der Waals surface area (Å²) < 4.78 is 0. The van der Waals surface area contributed by atoms with Crippen LogP contribution in [0.15, 0.2) is 30.8 Å². The molecule has 1 aromatic carbocycles. The maximum Gasteiger partial charge on any atom is 0.0342 e. The molecule has 1 saturated carbocycles. The van der Waals surface area contributed by atoms with Gasteiger partial charge >= 0.3 is 0 Å². The van der Waals surface area contributed by atoms with E-state index in [1.807, 2.05) is 0 Å². The molecule has 1 aliphatic carbocycles. The van der Waals surface area contributed by atoms with E-state index in [2.05, 4.69) is 50.0 Å². The summed E-state index contributed by atoms with van der Waals surface area (Å²) in [7, 11) is 0. The van der Waals surface area contributed by atoms with Gasteiger partial charge in [0.05, 0.1) is 0 Å². The molecule has 0 saturated heterocycles. The van der Waals surface area contributed by atoms with Gasteiger partial charge in [0.15, 0.2) is 0 Å². The van der Waals surface area contributed by atoms with Gasteiger partial charge in [-0.1, -0.05) is 30.8 Å². The first kappa shape index (κ1) is 10.3. The van der Waals surface area contributed by atoms with Crippen molar-refractivity contribution in [2.24, 2.45) is 0 Å². The number of rotatable bonds is 4. The molecule has 1 aliphatic rings.